The lowest BCUT2D eigenvalue weighted by molar-refractivity contribution is -0.137. The van der Waals surface area contributed by atoms with Gasteiger partial charge in [-0.05, 0) is 37.4 Å². The molecule has 136 valence electrons. The Hall–Kier alpha value is -2.54. The van der Waals surface area contributed by atoms with Crippen molar-refractivity contribution in [3.05, 3.63) is 53.6 Å². The summed E-state index contributed by atoms with van der Waals surface area (Å²) in [7, 11) is 2.03. The SMILES string of the molecule is CN1CCN(C2=Nc3ccccc3Oc3ccc(C(F)(F)F)cc32)CC1. The third kappa shape index (κ3) is 3.14. The first kappa shape index (κ1) is 16.9. The van der Waals surface area contributed by atoms with Gasteiger partial charge in [0.1, 0.15) is 17.3 Å². The van der Waals surface area contributed by atoms with Gasteiger partial charge in [-0.2, -0.15) is 13.2 Å². The van der Waals surface area contributed by atoms with Gasteiger partial charge in [0.2, 0.25) is 0 Å². The quantitative estimate of drug-likeness (QED) is 0.706. The number of amidine groups is 1. The summed E-state index contributed by atoms with van der Waals surface area (Å²) in [5, 5.41) is 0. The van der Waals surface area contributed by atoms with Gasteiger partial charge in [0, 0.05) is 26.2 Å². The molecular formula is C19H18F3N3O. The van der Waals surface area contributed by atoms with Gasteiger partial charge in [0.15, 0.2) is 5.75 Å². The lowest BCUT2D eigenvalue weighted by Gasteiger charge is -2.34. The molecule has 2 aliphatic rings. The van der Waals surface area contributed by atoms with Crippen molar-refractivity contribution in [1.29, 1.82) is 0 Å². The molecule has 0 N–H and O–H groups in total. The van der Waals surface area contributed by atoms with Gasteiger partial charge >= 0.3 is 6.18 Å². The van der Waals surface area contributed by atoms with Crippen molar-refractivity contribution in [2.24, 2.45) is 4.99 Å². The van der Waals surface area contributed by atoms with Crippen molar-refractivity contribution < 1.29 is 17.9 Å². The van der Waals surface area contributed by atoms with Crippen LogP contribution in [0.2, 0.25) is 0 Å². The van der Waals surface area contributed by atoms with Crippen LogP contribution in [0, 0.1) is 0 Å². The molecule has 4 rings (SSSR count). The Kier molecular flexibility index (Phi) is 4.11. The molecule has 0 bridgehead atoms. The molecule has 4 nitrogen and oxygen atoms in total. The molecule has 2 heterocycles. The van der Waals surface area contributed by atoms with E-state index < -0.39 is 11.7 Å². The smallest absolute Gasteiger partial charge is 0.416 e. The summed E-state index contributed by atoms with van der Waals surface area (Å²) in [5.74, 6) is 1.46. The number of hydrogen-bond acceptors (Lipinski definition) is 4. The highest BCUT2D eigenvalue weighted by atomic mass is 19.4. The average Bonchev–Trinajstić information content (AvgIpc) is 2.77. The van der Waals surface area contributed by atoms with Crippen LogP contribution >= 0.6 is 0 Å². The fourth-order valence-corrected chi connectivity index (χ4v) is 3.16. The second kappa shape index (κ2) is 6.32. The summed E-state index contributed by atoms with van der Waals surface area (Å²) < 4.78 is 45.6. The molecule has 26 heavy (non-hydrogen) atoms. The number of aliphatic imine (C=N–C) groups is 1. The Morgan fingerprint density at radius 1 is 0.962 bits per heavy atom. The number of hydrogen-bond donors (Lipinski definition) is 0. The molecule has 0 radical (unpaired) electrons. The van der Waals surface area contributed by atoms with E-state index in [9.17, 15) is 13.2 Å². The number of likely N-dealkylation sites (N-methyl/N-ethyl adjacent to an activating group) is 1. The number of para-hydroxylation sites is 2. The van der Waals surface area contributed by atoms with Crippen LogP contribution in [-0.2, 0) is 6.18 Å². The number of alkyl halides is 3. The van der Waals surface area contributed by atoms with E-state index in [1.54, 1.807) is 6.07 Å². The number of nitrogens with zero attached hydrogens (tertiary/aromatic N) is 3. The molecule has 2 aromatic carbocycles. The minimum Gasteiger partial charge on any atom is -0.454 e. The number of fused-ring (bicyclic) bond motifs is 2. The first-order valence-corrected chi connectivity index (χ1v) is 8.42. The predicted molar refractivity (Wildman–Crippen MR) is 93.2 cm³/mol. The highest BCUT2D eigenvalue weighted by Crippen LogP contribution is 2.40. The van der Waals surface area contributed by atoms with E-state index in [1.165, 1.54) is 6.07 Å². The Bertz CT molecular complexity index is 855. The molecule has 7 heteroatoms. The van der Waals surface area contributed by atoms with Gasteiger partial charge in [-0.3, -0.25) is 0 Å². The Morgan fingerprint density at radius 2 is 1.69 bits per heavy atom. The summed E-state index contributed by atoms with van der Waals surface area (Å²) in [5.41, 5.74) is 0.291. The van der Waals surface area contributed by atoms with E-state index in [4.69, 9.17) is 4.74 Å². The van der Waals surface area contributed by atoms with Crippen LogP contribution < -0.4 is 4.74 Å². The number of rotatable bonds is 0. The maximum atomic E-state index is 13.2. The zero-order chi connectivity index (χ0) is 18.3. The predicted octanol–water partition coefficient (Wildman–Crippen LogP) is 4.14. The summed E-state index contributed by atoms with van der Waals surface area (Å²) in [6.45, 7) is 3.06. The van der Waals surface area contributed by atoms with Crippen molar-refractivity contribution in [3.63, 3.8) is 0 Å². The largest absolute Gasteiger partial charge is 0.454 e. The van der Waals surface area contributed by atoms with Crippen molar-refractivity contribution in [2.45, 2.75) is 6.18 Å². The van der Waals surface area contributed by atoms with Gasteiger partial charge in [-0.15, -0.1) is 0 Å². The first-order chi connectivity index (χ1) is 12.4. The first-order valence-electron chi connectivity index (χ1n) is 8.42. The van der Waals surface area contributed by atoms with Gasteiger partial charge in [-0.25, -0.2) is 4.99 Å². The van der Waals surface area contributed by atoms with E-state index in [2.05, 4.69) is 9.89 Å². The Morgan fingerprint density at radius 3 is 2.42 bits per heavy atom. The zero-order valence-electron chi connectivity index (χ0n) is 14.3. The van der Waals surface area contributed by atoms with Crippen LogP contribution in [0.5, 0.6) is 11.5 Å². The highest BCUT2D eigenvalue weighted by Gasteiger charge is 2.33. The van der Waals surface area contributed by atoms with Gasteiger partial charge in [0.05, 0.1) is 11.1 Å². The van der Waals surface area contributed by atoms with Gasteiger partial charge < -0.3 is 14.5 Å². The normalized spacial score (nSPS) is 17.7. The topological polar surface area (TPSA) is 28.1 Å². The third-order valence-corrected chi connectivity index (χ3v) is 4.66. The van der Waals surface area contributed by atoms with Crippen molar-refractivity contribution in [1.82, 2.24) is 9.80 Å². The van der Waals surface area contributed by atoms with E-state index in [0.29, 0.717) is 41.7 Å². The van der Waals surface area contributed by atoms with Crippen molar-refractivity contribution in [3.8, 4) is 11.5 Å². The third-order valence-electron chi connectivity index (χ3n) is 4.66. The lowest BCUT2D eigenvalue weighted by Crippen LogP contribution is -2.47. The van der Waals surface area contributed by atoms with E-state index in [-0.39, 0.29) is 0 Å². The monoisotopic (exact) mass is 361 g/mol. The van der Waals surface area contributed by atoms with Gasteiger partial charge in [-0.1, -0.05) is 12.1 Å². The van der Waals surface area contributed by atoms with Crippen LogP contribution in [0.1, 0.15) is 11.1 Å². The molecule has 0 amide bonds. The molecule has 0 spiro atoms. The summed E-state index contributed by atoms with van der Waals surface area (Å²) in [4.78, 5) is 8.90. The van der Waals surface area contributed by atoms with Crippen LogP contribution in [-0.4, -0.2) is 48.9 Å². The maximum absolute atomic E-state index is 13.2. The molecule has 1 fully saturated rings. The Balaban J connectivity index is 1.85. The minimum absolute atomic E-state index is 0.376. The fourth-order valence-electron chi connectivity index (χ4n) is 3.16. The minimum atomic E-state index is -4.42. The fraction of sp³-hybridized carbons (Fsp3) is 0.316. The molecule has 0 unspecified atom stereocenters. The van der Waals surface area contributed by atoms with E-state index >= 15 is 0 Å². The molecule has 0 saturated carbocycles. The molecule has 2 aromatic rings. The highest BCUT2D eigenvalue weighted by molar-refractivity contribution is 6.04. The second-order valence-electron chi connectivity index (χ2n) is 6.50. The molecular weight excluding hydrogens is 343 g/mol. The summed E-state index contributed by atoms with van der Waals surface area (Å²) in [6.07, 6.45) is -4.42. The molecule has 0 aliphatic carbocycles. The molecule has 0 aromatic heterocycles. The molecule has 0 atom stereocenters. The van der Waals surface area contributed by atoms with E-state index in [0.717, 1.165) is 25.2 Å². The lowest BCUT2D eigenvalue weighted by atomic mass is 10.1. The van der Waals surface area contributed by atoms with Crippen LogP contribution in [0.3, 0.4) is 0 Å². The molecule has 2 aliphatic heterocycles. The Labute approximate surface area is 149 Å². The summed E-state index contributed by atoms with van der Waals surface area (Å²) >= 11 is 0. The average molecular weight is 361 g/mol. The second-order valence-corrected chi connectivity index (χ2v) is 6.50. The van der Waals surface area contributed by atoms with Crippen LogP contribution in [0.25, 0.3) is 0 Å². The standard InChI is InChI=1S/C19H18F3N3O/c1-24-8-10-25(11-9-24)18-14-12-13(19(20,21)22)6-7-16(14)26-17-5-3-2-4-15(17)23-18/h2-7,12H,8-11H2,1H3. The maximum Gasteiger partial charge on any atom is 0.416 e. The van der Waals surface area contributed by atoms with Crippen LogP contribution in [0.4, 0.5) is 18.9 Å². The van der Waals surface area contributed by atoms with Crippen molar-refractivity contribution in [2.75, 3.05) is 33.2 Å². The van der Waals surface area contributed by atoms with Gasteiger partial charge in [0.25, 0.3) is 0 Å². The summed E-state index contributed by atoms with van der Waals surface area (Å²) in [6, 6.07) is 10.8. The van der Waals surface area contributed by atoms with Crippen molar-refractivity contribution >= 4 is 11.5 Å². The molecule has 1 saturated heterocycles. The number of halogens is 3. The number of piperazine rings is 1. The number of benzene rings is 2. The number of ether oxygens (including phenoxy) is 1. The van der Waals surface area contributed by atoms with Crippen LogP contribution in [0.15, 0.2) is 47.5 Å². The zero-order valence-corrected chi connectivity index (χ0v) is 14.3. The van der Waals surface area contributed by atoms with E-state index in [1.807, 2.05) is 30.1 Å².